The standard InChI is InChI=1S/C14H14N2O3/c1-15-11-5-2-6-12-14(11)16(13(17)9-19-12)8-10-4-3-7-18-10/h2-7,15H,8-9H2,1H3. The molecular formula is C14H14N2O3. The van der Waals surface area contributed by atoms with Gasteiger partial charge in [-0.25, -0.2) is 0 Å². The third-order valence-electron chi connectivity index (χ3n) is 3.08. The van der Waals surface area contributed by atoms with E-state index in [4.69, 9.17) is 9.15 Å². The Morgan fingerprint density at radius 2 is 2.21 bits per heavy atom. The Bertz CT molecular complexity index is 578. The van der Waals surface area contributed by atoms with Crippen LogP contribution in [0.25, 0.3) is 0 Å². The molecule has 0 saturated carbocycles. The van der Waals surface area contributed by atoms with Gasteiger partial charge in [0.05, 0.1) is 18.5 Å². The first-order valence-electron chi connectivity index (χ1n) is 6.06. The highest BCUT2D eigenvalue weighted by Crippen LogP contribution is 2.39. The quantitative estimate of drug-likeness (QED) is 0.917. The molecule has 0 unspecified atom stereocenters. The number of hydrogen-bond donors (Lipinski definition) is 1. The van der Waals surface area contributed by atoms with Gasteiger partial charge in [-0.2, -0.15) is 0 Å². The van der Waals surface area contributed by atoms with Crippen LogP contribution in [-0.4, -0.2) is 19.6 Å². The summed E-state index contributed by atoms with van der Waals surface area (Å²) in [5.74, 6) is 1.37. The molecule has 2 aromatic rings. The highest BCUT2D eigenvalue weighted by molar-refractivity contribution is 6.01. The van der Waals surface area contributed by atoms with E-state index in [1.165, 1.54) is 0 Å². The van der Waals surface area contributed by atoms with Crippen LogP contribution in [0.1, 0.15) is 5.76 Å². The SMILES string of the molecule is CNc1cccc2c1N(Cc1ccco1)C(=O)CO2. The second-order valence-corrected chi connectivity index (χ2v) is 4.25. The number of rotatable bonds is 3. The third-order valence-corrected chi connectivity index (χ3v) is 3.08. The summed E-state index contributed by atoms with van der Waals surface area (Å²) in [5, 5.41) is 3.08. The number of ether oxygens (including phenoxy) is 1. The summed E-state index contributed by atoms with van der Waals surface area (Å²) in [6.45, 7) is 0.460. The molecule has 0 fully saturated rings. The van der Waals surface area contributed by atoms with Gasteiger partial charge in [-0.15, -0.1) is 0 Å². The van der Waals surface area contributed by atoms with Gasteiger partial charge in [-0.05, 0) is 24.3 Å². The minimum atomic E-state index is -0.0772. The Balaban J connectivity index is 2.02. The summed E-state index contributed by atoms with van der Waals surface area (Å²) in [6, 6.07) is 9.33. The van der Waals surface area contributed by atoms with Gasteiger partial charge in [0, 0.05) is 7.05 Å². The molecule has 0 radical (unpaired) electrons. The maximum atomic E-state index is 12.1. The number of nitrogens with one attached hydrogen (secondary N) is 1. The number of anilines is 2. The average molecular weight is 258 g/mol. The highest BCUT2D eigenvalue weighted by atomic mass is 16.5. The Kier molecular flexibility index (Phi) is 2.87. The van der Waals surface area contributed by atoms with Crippen molar-refractivity contribution in [1.82, 2.24) is 0 Å². The molecule has 1 aliphatic heterocycles. The van der Waals surface area contributed by atoms with Crippen LogP contribution in [0.2, 0.25) is 0 Å². The van der Waals surface area contributed by atoms with E-state index in [1.807, 2.05) is 37.4 Å². The molecule has 19 heavy (non-hydrogen) atoms. The second-order valence-electron chi connectivity index (χ2n) is 4.25. The number of para-hydroxylation sites is 1. The van der Waals surface area contributed by atoms with E-state index in [1.54, 1.807) is 11.2 Å². The smallest absolute Gasteiger partial charge is 0.265 e. The molecule has 1 aliphatic rings. The van der Waals surface area contributed by atoms with Crippen LogP contribution >= 0.6 is 0 Å². The lowest BCUT2D eigenvalue weighted by Crippen LogP contribution is -2.38. The summed E-state index contributed by atoms with van der Waals surface area (Å²) in [5.41, 5.74) is 1.62. The van der Waals surface area contributed by atoms with Crippen molar-refractivity contribution >= 4 is 17.3 Å². The minimum absolute atomic E-state index is 0.0564. The van der Waals surface area contributed by atoms with E-state index in [-0.39, 0.29) is 12.5 Å². The fourth-order valence-electron chi connectivity index (χ4n) is 2.19. The topological polar surface area (TPSA) is 54.7 Å². The van der Waals surface area contributed by atoms with Gasteiger partial charge in [0.25, 0.3) is 5.91 Å². The number of fused-ring (bicyclic) bond motifs is 1. The van der Waals surface area contributed by atoms with Crippen LogP contribution < -0.4 is 15.0 Å². The third kappa shape index (κ3) is 2.03. The van der Waals surface area contributed by atoms with E-state index < -0.39 is 0 Å². The monoisotopic (exact) mass is 258 g/mol. The van der Waals surface area contributed by atoms with Gasteiger partial charge in [0.15, 0.2) is 6.61 Å². The molecule has 0 saturated heterocycles. The lowest BCUT2D eigenvalue weighted by atomic mass is 10.2. The number of hydrogen-bond acceptors (Lipinski definition) is 4. The van der Waals surface area contributed by atoms with Crippen LogP contribution in [0.4, 0.5) is 11.4 Å². The van der Waals surface area contributed by atoms with E-state index in [0.717, 1.165) is 17.1 Å². The summed E-state index contributed by atoms with van der Waals surface area (Å²) >= 11 is 0. The van der Waals surface area contributed by atoms with Gasteiger partial charge >= 0.3 is 0 Å². The van der Waals surface area contributed by atoms with Crippen LogP contribution in [0.5, 0.6) is 5.75 Å². The van der Waals surface area contributed by atoms with E-state index in [0.29, 0.717) is 12.3 Å². The number of carbonyl (C=O) groups is 1. The number of nitrogens with zero attached hydrogens (tertiary/aromatic N) is 1. The van der Waals surface area contributed by atoms with Gasteiger partial charge in [0.1, 0.15) is 17.2 Å². The molecule has 3 rings (SSSR count). The summed E-state index contributed by atoms with van der Waals surface area (Å²) < 4.78 is 10.8. The number of carbonyl (C=O) groups excluding carboxylic acids is 1. The van der Waals surface area contributed by atoms with Crippen LogP contribution in [0.15, 0.2) is 41.0 Å². The zero-order valence-corrected chi connectivity index (χ0v) is 10.6. The molecule has 98 valence electrons. The van der Waals surface area contributed by atoms with Crippen molar-refractivity contribution in [2.75, 3.05) is 23.9 Å². The first-order chi connectivity index (χ1) is 9.29. The molecule has 0 spiro atoms. The molecule has 0 atom stereocenters. The Hall–Kier alpha value is -2.43. The molecule has 0 aliphatic carbocycles. The maximum absolute atomic E-state index is 12.1. The van der Waals surface area contributed by atoms with Crippen molar-refractivity contribution in [3.8, 4) is 5.75 Å². The molecule has 1 N–H and O–H groups in total. The fourth-order valence-corrected chi connectivity index (χ4v) is 2.19. The zero-order chi connectivity index (χ0) is 13.2. The minimum Gasteiger partial charge on any atom is -0.481 e. The molecule has 0 bridgehead atoms. The van der Waals surface area contributed by atoms with Crippen LogP contribution in [0, 0.1) is 0 Å². The maximum Gasteiger partial charge on any atom is 0.265 e. The molecule has 1 aromatic heterocycles. The van der Waals surface area contributed by atoms with Crippen molar-refractivity contribution in [2.45, 2.75) is 6.54 Å². The Morgan fingerprint density at radius 1 is 1.32 bits per heavy atom. The van der Waals surface area contributed by atoms with Gasteiger partial charge in [-0.3, -0.25) is 9.69 Å². The second kappa shape index (κ2) is 4.68. The number of amides is 1. The van der Waals surface area contributed by atoms with E-state index in [2.05, 4.69) is 5.32 Å². The van der Waals surface area contributed by atoms with Crippen LogP contribution in [-0.2, 0) is 11.3 Å². The van der Waals surface area contributed by atoms with E-state index in [9.17, 15) is 4.79 Å². The van der Waals surface area contributed by atoms with Crippen molar-refractivity contribution in [3.63, 3.8) is 0 Å². The Morgan fingerprint density at radius 3 is 2.95 bits per heavy atom. The zero-order valence-electron chi connectivity index (χ0n) is 10.6. The fraction of sp³-hybridized carbons (Fsp3) is 0.214. The molecule has 5 heteroatoms. The summed E-state index contributed by atoms with van der Waals surface area (Å²) in [6.07, 6.45) is 1.60. The lowest BCUT2D eigenvalue weighted by Gasteiger charge is -2.30. The molecule has 1 amide bonds. The van der Waals surface area contributed by atoms with E-state index >= 15 is 0 Å². The predicted molar refractivity (Wildman–Crippen MR) is 71.4 cm³/mol. The van der Waals surface area contributed by atoms with Gasteiger partial charge in [-0.1, -0.05) is 6.07 Å². The first-order valence-corrected chi connectivity index (χ1v) is 6.06. The molecular weight excluding hydrogens is 244 g/mol. The van der Waals surface area contributed by atoms with Crippen molar-refractivity contribution in [1.29, 1.82) is 0 Å². The highest BCUT2D eigenvalue weighted by Gasteiger charge is 2.28. The molecule has 1 aromatic carbocycles. The van der Waals surface area contributed by atoms with Crippen LogP contribution in [0.3, 0.4) is 0 Å². The number of furan rings is 1. The lowest BCUT2D eigenvalue weighted by molar-refractivity contribution is -0.121. The van der Waals surface area contributed by atoms with Crippen molar-refractivity contribution < 1.29 is 13.9 Å². The van der Waals surface area contributed by atoms with Crippen molar-refractivity contribution in [2.24, 2.45) is 0 Å². The largest absolute Gasteiger partial charge is 0.481 e. The molecule has 2 heterocycles. The summed E-state index contributed by atoms with van der Waals surface area (Å²) in [7, 11) is 1.82. The Labute approximate surface area is 110 Å². The average Bonchev–Trinajstić information content (AvgIpc) is 2.94. The normalized spacial score (nSPS) is 13.9. The van der Waals surface area contributed by atoms with Gasteiger partial charge in [0.2, 0.25) is 0 Å². The molecule has 5 nitrogen and oxygen atoms in total. The van der Waals surface area contributed by atoms with Crippen molar-refractivity contribution in [3.05, 3.63) is 42.4 Å². The van der Waals surface area contributed by atoms with Gasteiger partial charge < -0.3 is 14.5 Å². The summed E-state index contributed by atoms with van der Waals surface area (Å²) in [4.78, 5) is 13.8. The number of benzene rings is 1. The first kappa shape index (κ1) is 11.6. The predicted octanol–water partition coefficient (Wildman–Crippen LogP) is 2.25.